The lowest BCUT2D eigenvalue weighted by Crippen LogP contribution is -2.45. The zero-order valence-electron chi connectivity index (χ0n) is 18.7. The van der Waals surface area contributed by atoms with Crippen LogP contribution in [0.2, 0.25) is 0 Å². The first-order valence-electron chi connectivity index (χ1n) is 10.7. The summed E-state index contributed by atoms with van der Waals surface area (Å²) in [6, 6.07) is 15.0. The molecule has 1 fully saturated rings. The summed E-state index contributed by atoms with van der Waals surface area (Å²) in [4.78, 5) is 26.9. The predicted molar refractivity (Wildman–Crippen MR) is 119 cm³/mol. The van der Waals surface area contributed by atoms with Crippen LogP contribution in [0.1, 0.15) is 50.8 Å². The van der Waals surface area contributed by atoms with Gasteiger partial charge in [-0.25, -0.2) is 9.69 Å². The Morgan fingerprint density at radius 1 is 1.12 bits per heavy atom. The zero-order chi connectivity index (χ0) is 23.5. The van der Waals surface area contributed by atoms with Crippen molar-refractivity contribution in [1.29, 1.82) is 0 Å². The number of hydrogen-bond donors (Lipinski definition) is 0. The number of benzene rings is 2. The van der Waals surface area contributed by atoms with Crippen molar-refractivity contribution >= 4 is 22.1 Å². The molecule has 172 valence electrons. The highest BCUT2D eigenvalue weighted by Crippen LogP contribution is 2.34. The largest absolute Gasteiger partial charge is 0.439 e. The van der Waals surface area contributed by atoms with Crippen LogP contribution in [0.5, 0.6) is 0 Å². The second-order valence-corrected chi connectivity index (χ2v) is 9.72. The molecule has 4 atom stereocenters. The van der Waals surface area contributed by atoms with E-state index in [0.717, 1.165) is 16.0 Å². The molecule has 2 amide bonds. The molecule has 3 rings (SSSR count). The fraction of sp³-hybridized carbons (Fsp3) is 0.417. The SMILES string of the molecule is CCC[C@H](OS(=O)(=O)c1ccc(C)cc1)[C@H](C)C(=O)N1C(=O)O[C@@H](c2ccccc2)[C@H]1C. The zero-order valence-corrected chi connectivity index (χ0v) is 19.5. The van der Waals surface area contributed by atoms with Gasteiger partial charge >= 0.3 is 6.09 Å². The Morgan fingerprint density at radius 2 is 1.75 bits per heavy atom. The minimum absolute atomic E-state index is 0.0296. The van der Waals surface area contributed by atoms with E-state index in [1.165, 1.54) is 12.1 Å². The van der Waals surface area contributed by atoms with Crippen LogP contribution in [-0.4, -0.2) is 37.5 Å². The fourth-order valence-corrected chi connectivity index (χ4v) is 4.98. The lowest BCUT2D eigenvalue weighted by atomic mass is 9.97. The van der Waals surface area contributed by atoms with Gasteiger partial charge in [0.05, 0.1) is 23.0 Å². The maximum absolute atomic E-state index is 13.3. The van der Waals surface area contributed by atoms with Crippen molar-refractivity contribution in [3.05, 3.63) is 65.7 Å². The van der Waals surface area contributed by atoms with Crippen LogP contribution in [0.4, 0.5) is 4.79 Å². The first-order chi connectivity index (χ1) is 15.2. The molecule has 0 aliphatic carbocycles. The maximum atomic E-state index is 13.3. The Kier molecular flexibility index (Phi) is 7.36. The third-order valence-corrected chi connectivity index (χ3v) is 7.07. The molecular formula is C24H29NO6S. The summed E-state index contributed by atoms with van der Waals surface area (Å²) in [5.74, 6) is -1.38. The molecule has 32 heavy (non-hydrogen) atoms. The molecule has 0 saturated carbocycles. The van der Waals surface area contributed by atoms with E-state index >= 15 is 0 Å². The number of cyclic esters (lactones) is 1. The van der Waals surface area contributed by atoms with E-state index in [1.807, 2.05) is 44.2 Å². The Bertz CT molecular complexity index is 1050. The van der Waals surface area contributed by atoms with Crippen molar-refractivity contribution < 1.29 is 26.9 Å². The molecule has 1 aliphatic heterocycles. The van der Waals surface area contributed by atoms with Crippen LogP contribution in [0.15, 0.2) is 59.5 Å². The Labute approximate surface area is 189 Å². The first-order valence-corrected chi connectivity index (χ1v) is 12.1. The number of hydrogen-bond acceptors (Lipinski definition) is 6. The molecule has 1 saturated heterocycles. The molecule has 0 unspecified atom stereocenters. The highest BCUT2D eigenvalue weighted by atomic mass is 32.2. The molecular weight excluding hydrogens is 430 g/mol. The van der Waals surface area contributed by atoms with Gasteiger partial charge in [-0.05, 0) is 38.0 Å². The third-order valence-electron chi connectivity index (χ3n) is 5.72. The van der Waals surface area contributed by atoms with Gasteiger partial charge in [0.15, 0.2) is 0 Å². The summed E-state index contributed by atoms with van der Waals surface area (Å²) in [5, 5.41) is 0. The van der Waals surface area contributed by atoms with Crippen LogP contribution in [0.25, 0.3) is 0 Å². The summed E-state index contributed by atoms with van der Waals surface area (Å²) in [6.07, 6.45) is -1.27. The van der Waals surface area contributed by atoms with Crippen LogP contribution < -0.4 is 0 Å². The molecule has 1 aliphatic rings. The number of amides is 2. The molecule has 0 aromatic heterocycles. The standard InChI is InChI=1S/C24H29NO6S/c1-5-9-21(31-32(28,29)20-14-12-16(2)13-15-20)17(3)23(26)25-18(4)22(30-24(25)27)19-10-7-6-8-11-19/h6-8,10-15,17-18,21-22H,5,9H2,1-4H3/t17-,18+,21-,22+/m0/s1. The van der Waals surface area contributed by atoms with Gasteiger partial charge in [-0.2, -0.15) is 8.42 Å². The molecule has 8 heteroatoms. The predicted octanol–water partition coefficient (Wildman–Crippen LogP) is 4.61. The van der Waals surface area contributed by atoms with Crippen molar-refractivity contribution in [3.63, 3.8) is 0 Å². The molecule has 0 radical (unpaired) electrons. The van der Waals surface area contributed by atoms with Crippen LogP contribution in [0, 0.1) is 12.8 Å². The number of rotatable bonds is 8. The second-order valence-electron chi connectivity index (χ2n) is 8.14. The van der Waals surface area contributed by atoms with Crippen LogP contribution >= 0.6 is 0 Å². The van der Waals surface area contributed by atoms with Gasteiger partial charge in [-0.15, -0.1) is 0 Å². The van der Waals surface area contributed by atoms with Gasteiger partial charge in [-0.3, -0.25) is 8.98 Å². The van der Waals surface area contributed by atoms with Gasteiger partial charge in [0, 0.05) is 0 Å². The molecule has 0 N–H and O–H groups in total. The number of imide groups is 1. The van der Waals surface area contributed by atoms with Gasteiger partial charge < -0.3 is 4.74 Å². The summed E-state index contributed by atoms with van der Waals surface area (Å²) in [7, 11) is -4.07. The van der Waals surface area contributed by atoms with E-state index in [4.69, 9.17) is 8.92 Å². The second kappa shape index (κ2) is 9.83. The normalized spacial score (nSPS) is 20.6. The van der Waals surface area contributed by atoms with Crippen molar-refractivity contribution in [3.8, 4) is 0 Å². The van der Waals surface area contributed by atoms with E-state index < -0.39 is 46.3 Å². The van der Waals surface area contributed by atoms with E-state index in [9.17, 15) is 18.0 Å². The Balaban J connectivity index is 1.79. The fourth-order valence-electron chi connectivity index (χ4n) is 3.81. The van der Waals surface area contributed by atoms with Crippen molar-refractivity contribution in [1.82, 2.24) is 4.90 Å². The summed E-state index contributed by atoms with van der Waals surface area (Å²) in [6.45, 7) is 7.07. The molecule has 7 nitrogen and oxygen atoms in total. The Hall–Kier alpha value is -2.71. The smallest absolute Gasteiger partial charge is 0.417 e. The molecule has 0 spiro atoms. The topological polar surface area (TPSA) is 90.0 Å². The third kappa shape index (κ3) is 5.02. The highest BCUT2D eigenvalue weighted by molar-refractivity contribution is 7.86. The minimum atomic E-state index is -4.07. The number of nitrogens with zero attached hydrogens (tertiary/aromatic N) is 1. The summed E-state index contributed by atoms with van der Waals surface area (Å²) < 4.78 is 36.6. The van der Waals surface area contributed by atoms with E-state index in [0.29, 0.717) is 12.8 Å². The molecule has 0 bridgehead atoms. The number of aryl methyl sites for hydroxylation is 1. The highest BCUT2D eigenvalue weighted by Gasteiger charge is 2.46. The minimum Gasteiger partial charge on any atom is -0.439 e. The average Bonchev–Trinajstić information content (AvgIpc) is 3.07. The van der Waals surface area contributed by atoms with Gasteiger partial charge in [0.1, 0.15) is 6.10 Å². The van der Waals surface area contributed by atoms with Gasteiger partial charge in [0.25, 0.3) is 10.1 Å². The molecule has 1 heterocycles. The molecule has 2 aromatic carbocycles. The molecule has 2 aromatic rings. The summed E-state index contributed by atoms with van der Waals surface area (Å²) >= 11 is 0. The van der Waals surface area contributed by atoms with Crippen molar-refractivity contribution in [2.45, 2.75) is 63.7 Å². The lowest BCUT2D eigenvalue weighted by Gasteiger charge is -2.27. The van der Waals surface area contributed by atoms with E-state index in [-0.39, 0.29) is 4.90 Å². The number of carbonyl (C=O) groups is 2. The average molecular weight is 460 g/mol. The van der Waals surface area contributed by atoms with Crippen LogP contribution in [0.3, 0.4) is 0 Å². The van der Waals surface area contributed by atoms with Crippen molar-refractivity contribution in [2.24, 2.45) is 5.92 Å². The monoisotopic (exact) mass is 459 g/mol. The summed E-state index contributed by atoms with van der Waals surface area (Å²) in [5.41, 5.74) is 1.71. The maximum Gasteiger partial charge on any atom is 0.417 e. The van der Waals surface area contributed by atoms with E-state index in [1.54, 1.807) is 26.0 Å². The number of carbonyl (C=O) groups excluding carboxylic acids is 2. The van der Waals surface area contributed by atoms with Gasteiger partial charge in [0.2, 0.25) is 5.91 Å². The quantitative estimate of drug-likeness (QED) is 0.536. The van der Waals surface area contributed by atoms with Crippen molar-refractivity contribution in [2.75, 3.05) is 0 Å². The van der Waals surface area contributed by atoms with Gasteiger partial charge in [-0.1, -0.05) is 68.3 Å². The van der Waals surface area contributed by atoms with E-state index in [2.05, 4.69) is 0 Å². The first kappa shape index (κ1) is 23.9. The number of ether oxygens (including phenoxy) is 1. The Morgan fingerprint density at radius 3 is 2.34 bits per heavy atom. The lowest BCUT2D eigenvalue weighted by molar-refractivity contribution is -0.135. The van der Waals surface area contributed by atoms with Crippen LogP contribution in [-0.2, 0) is 23.8 Å².